The van der Waals surface area contributed by atoms with E-state index in [1.807, 2.05) is 5.43 Å². The van der Waals surface area contributed by atoms with Crippen LogP contribution < -0.4 is 11.3 Å². The number of rotatable bonds is 4. The molecular formula is C12H11FN2O2S. The Morgan fingerprint density at radius 1 is 1.44 bits per heavy atom. The van der Waals surface area contributed by atoms with Gasteiger partial charge in [0.2, 0.25) is 0 Å². The molecule has 0 aliphatic carbocycles. The van der Waals surface area contributed by atoms with Crippen LogP contribution in [0.25, 0.3) is 0 Å². The van der Waals surface area contributed by atoms with Gasteiger partial charge < -0.3 is 4.42 Å². The van der Waals surface area contributed by atoms with E-state index >= 15 is 0 Å². The molecule has 18 heavy (non-hydrogen) atoms. The number of hydrogen-bond donors (Lipinski definition) is 2. The number of furan rings is 1. The van der Waals surface area contributed by atoms with E-state index in [-0.39, 0.29) is 11.6 Å². The Bertz CT molecular complexity index is 557. The smallest absolute Gasteiger partial charge is 0.301 e. The van der Waals surface area contributed by atoms with Gasteiger partial charge >= 0.3 is 5.91 Å². The Balaban J connectivity index is 2.07. The molecule has 6 heteroatoms. The molecule has 1 aromatic heterocycles. The summed E-state index contributed by atoms with van der Waals surface area (Å²) in [6.45, 7) is 0. The topological polar surface area (TPSA) is 68.3 Å². The average Bonchev–Trinajstić information content (AvgIpc) is 2.84. The first kappa shape index (κ1) is 12.7. The highest BCUT2D eigenvalue weighted by molar-refractivity contribution is 7.98. The summed E-state index contributed by atoms with van der Waals surface area (Å²) in [5.41, 5.74) is 2.73. The van der Waals surface area contributed by atoms with Crippen molar-refractivity contribution in [1.82, 2.24) is 5.43 Å². The maximum Gasteiger partial charge on any atom is 0.301 e. The van der Waals surface area contributed by atoms with Crippen LogP contribution in [0.4, 0.5) is 4.39 Å². The van der Waals surface area contributed by atoms with Crippen LogP contribution in [0.5, 0.6) is 0 Å². The maximum atomic E-state index is 13.0. The minimum atomic E-state index is -0.477. The number of carbonyl (C=O) groups excluding carboxylic acids is 1. The van der Waals surface area contributed by atoms with Gasteiger partial charge in [-0.25, -0.2) is 10.2 Å². The number of nitrogen functional groups attached to an aromatic ring is 1. The number of amides is 1. The third-order valence-corrected chi connectivity index (χ3v) is 3.32. The zero-order chi connectivity index (χ0) is 13.0. The molecule has 94 valence electrons. The van der Waals surface area contributed by atoms with Crippen LogP contribution in [0.3, 0.4) is 0 Å². The number of nitrogens with one attached hydrogen (secondary N) is 1. The summed E-state index contributed by atoms with van der Waals surface area (Å²) in [5, 5.41) is 0. The highest BCUT2D eigenvalue weighted by atomic mass is 32.2. The Morgan fingerprint density at radius 2 is 2.28 bits per heavy atom. The molecule has 3 N–H and O–H groups in total. The Morgan fingerprint density at radius 3 is 3.00 bits per heavy atom. The molecular weight excluding hydrogens is 255 g/mol. The zero-order valence-corrected chi connectivity index (χ0v) is 10.2. The second kappa shape index (κ2) is 5.70. The van der Waals surface area contributed by atoms with Crippen LogP contribution in [0, 0.1) is 5.82 Å². The number of carbonyl (C=O) groups is 1. The number of halogens is 1. The highest BCUT2D eigenvalue weighted by Gasteiger charge is 2.14. The third-order valence-electron chi connectivity index (χ3n) is 2.27. The summed E-state index contributed by atoms with van der Waals surface area (Å²) in [4.78, 5) is 12.1. The van der Waals surface area contributed by atoms with E-state index in [9.17, 15) is 9.18 Å². The quantitative estimate of drug-likeness (QED) is 0.385. The SMILES string of the molecule is NNC(=O)c1occc1CSc1cccc(F)c1. The summed E-state index contributed by atoms with van der Waals surface area (Å²) in [7, 11) is 0. The predicted octanol–water partition coefficient (Wildman–Crippen LogP) is 2.31. The number of hydrazine groups is 1. The van der Waals surface area contributed by atoms with Crippen LogP contribution in [0.2, 0.25) is 0 Å². The second-order valence-electron chi connectivity index (χ2n) is 3.49. The van der Waals surface area contributed by atoms with Crippen LogP contribution >= 0.6 is 11.8 Å². The van der Waals surface area contributed by atoms with Crippen LogP contribution in [-0.4, -0.2) is 5.91 Å². The standard InChI is InChI=1S/C12H11FN2O2S/c13-9-2-1-3-10(6-9)18-7-8-4-5-17-11(8)12(16)15-14/h1-6H,7,14H2,(H,15,16). The van der Waals surface area contributed by atoms with Crippen molar-refractivity contribution in [3.63, 3.8) is 0 Å². The molecule has 0 saturated heterocycles. The van der Waals surface area contributed by atoms with Gasteiger partial charge in [0.05, 0.1) is 6.26 Å². The molecule has 2 rings (SSSR count). The van der Waals surface area contributed by atoms with Gasteiger partial charge in [0.25, 0.3) is 0 Å². The molecule has 1 amide bonds. The van der Waals surface area contributed by atoms with Crippen molar-refractivity contribution in [3.05, 3.63) is 53.7 Å². The lowest BCUT2D eigenvalue weighted by Crippen LogP contribution is -2.30. The molecule has 0 bridgehead atoms. The summed E-state index contributed by atoms with van der Waals surface area (Å²) < 4.78 is 18.0. The molecule has 4 nitrogen and oxygen atoms in total. The maximum absolute atomic E-state index is 13.0. The summed E-state index contributed by atoms with van der Waals surface area (Å²) in [5.74, 6) is 4.97. The Labute approximate surface area is 107 Å². The molecule has 0 aliphatic rings. The van der Waals surface area contributed by atoms with Gasteiger partial charge in [-0.2, -0.15) is 0 Å². The van der Waals surface area contributed by atoms with Crippen molar-refractivity contribution in [2.45, 2.75) is 10.6 Å². The van der Waals surface area contributed by atoms with E-state index in [0.29, 0.717) is 11.3 Å². The average molecular weight is 266 g/mol. The molecule has 0 spiro atoms. The number of benzene rings is 1. The van der Waals surface area contributed by atoms with Crippen LogP contribution in [0.15, 0.2) is 45.9 Å². The molecule has 1 heterocycles. The first-order chi connectivity index (χ1) is 8.70. The van der Waals surface area contributed by atoms with Crippen molar-refractivity contribution in [2.24, 2.45) is 5.84 Å². The molecule has 1 aromatic carbocycles. The third kappa shape index (κ3) is 2.91. The number of hydrogen-bond acceptors (Lipinski definition) is 4. The Hall–Kier alpha value is -1.79. The lowest BCUT2D eigenvalue weighted by molar-refractivity contribution is 0.0925. The highest BCUT2D eigenvalue weighted by Crippen LogP contribution is 2.25. The number of thioether (sulfide) groups is 1. The second-order valence-corrected chi connectivity index (χ2v) is 4.54. The van der Waals surface area contributed by atoms with E-state index in [1.165, 1.54) is 30.2 Å². The molecule has 0 saturated carbocycles. The van der Waals surface area contributed by atoms with Crippen LogP contribution in [-0.2, 0) is 5.75 Å². The minimum absolute atomic E-state index is 0.182. The van der Waals surface area contributed by atoms with Gasteiger partial charge in [-0.3, -0.25) is 10.2 Å². The lowest BCUT2D eigenvalue weighted by Gasteiger charge is -2.02. The van der Waals surface area contributed by atoms with E-state index in [2.05, 4.69) is 0 Å². The fourth-order valence-corrected chi connectivity index (χ4v) is 2.35. The first-order valence-electron chi connectivity index (χ1n) is 5.16. The fraction of sp³-hybridized carbons (Fsp3) is 0.0833. The van der Waals surface area contributed by atoms with E-state index in [4.69, 9.17) is 10.3 Å². The summed E-state index contributed by atoms with van der Waals surface area (Å²) in [6.07, 6.45) is 1.42. The lowest BCUT2D eigenvalue weighted by atomic mass is 10.3. The number of nitrogens with two attached hydrogens (primary N) is 1. The van der Waals surface area contributed by atoms with Gasteiger partial charge in [-0.05, 0) is 24.3 Å². The summed E-state index contributed by atoms with van der Waals surface area (Å²) >= 11 is 1.41. The van der Waals surface area contributed by atoms with Gasteiger partial charge in [-0.15, -0.1) is 11.8 Å². The normalized spacial score (nSPS) is 10.3. The predicted molar refractivity (Wildman–Crippen MR) is 66.3 cm³/mol. The molecule has 2 aromatic rings. The zero-order valence-electron chi connectivity index (χ0n) is 9.35. The molecule has 0 aliphatic heterocycles. The fourth-order valence-electron chi connectivity index (χ4n) is 1.43. The van der Waals surface area contributed by atoms with Crippen molar-refractivity contribution in [3.8, 4) is 0 Å². The van der Waals surface area contributed by atoms with Gasteiger partial charge in [0, 0.05) is 16.2 Å². The van der Waals surface area contributed by atoms with Crippen molar-refractivity contribution >= 4 is 17.7 Å². The van der Waals surface area contributed by atoms with Crippen molar-refractivity contribution < 1.29 is 13.6 Å². The van der Waals surface area contributed by atoms with E-state index in [0.717, 1.165) is 4.90 Å². The largest absolute Gasteiger partial charge is 0.459 e. The first-order valence-corrected chi connectivity index (χ1v) is 6.15. The van der Waals surface area contributed by atoms with E-state index < -0.39 is 5.91 Å². The molecule has 0 fully saturated rings. The molecule has 0 unspecified atom stereocenters. The summed E-state index contributed by atoms with van der Waals surface area (Å²) in [6, 6.07) is 7.95. The van der Waals surface area contributed by atoms with Gasteiger partial charge in [0.15, 0.2) is 5.76 Å². The monoisotopic (exact) mass is 266 g/mol. The molecule has 0 radical (unpaired) electrons. The van der Waals surface area contributed by atoms with Crippen molar-refractivity contribution in [2.75, 3.05) is 0 Å². The van der Waals surface area contributed by atoms with Crippen molar-refractivity contribution in [1.29, 1.82) is 0 Å². The Kier molecular flexibility index (Phi) is 4.01. The minimum Gasteiger partial charge on any atom is -0.459 e. The van der Waals surface area contributed by atoms with Crippen LogP contribution in [0.1, 0.15) is 16.1 Å². The molecule has 0 atom stereocenters. The van der Waals surface area contributed by atoms with Gasteiger partial charge in [-0.1, -0.05) is 6.07 Å². The van der Waals surface area contributed by atoms with Gasteiger partial charge in [0.1, 0.15) is 5.82 Å². The van der Waals surface area contributed by atoms with E-state index in [1.54, 1.807) is 18.2 Å².